The van der Waals surface area contributed by atoms with Gasteiger partial charge in [0.25, 0.3) is 11.1 Å². The Morgan fingerprint density at radius 2 is 2.00 bits per heavy atom. The number of methoxy groups -OCH3 is 1. The molecule has 0 bridgehead atoms. The second-order valence-corrected chi connectivity index (χ2v) is 5.64. The highest BCUT2D eigenvalue weighted by atomic mass is 32.1. The molecule has 6 nitrogen and oxygen atoms in total. The van der Waals surface area contributed by atoms with Crippen molar-refractivity contribution in [3.63, 3.8) is 0 Å². The Bertz CT molecular complexity index is 681. The van der Waals surface area contributed by atoms with Crippen molar-refractivity contribution >= 4 is 23.2 Å². The Morgan fingerprint density at radius 1 is 1.27 bits per heavy atom. The maximum absolute atomic E-state index is 12.5. The normalized spacial score (nSPS) is 14.3. The number of likely N-dealkylation sites (tertiary alicyclic amines) is 1. The van der Waals surface area contributed by atoms with Crippen molar-refractivity contribution in [3.8, 4) is 5.19 Å². The van der Waals surface area contributed by atoms with Gasteiger partial charge in [0, 0.05) is 11.6 Å². The third-order valence-electron chi connectivity index (χ3n) is 3.38. The van der Waals surface area contributed by atoms with E-state index in [0.717, 1.165) is 0 Å². The quantitative estimate of drug-likeness (QED) is 0.805. The number of thiazole rings is 1. The Balaban J connectivity index is 1.65. The summed E-state index contributed by atoms with van der Waals surface area (Å²) in [7, 11) is 1.30. The molecule has 1 saturated heterocycles. The lowest BCUT2D eigenvalue weighted by Gasteiger charge is -2.38. The number of carbonyl (C=O) groups excluding carboxylic acids is 2. The van der Waals surface area contributed by atoms with E-state index in [-0.39, 0.29) is 17.6 Å². The van der Waals surface area contributed by atoms with E-state index in [4.69, 9.17) is 9.47 Å². The molecular formula is C15H14N2O4S. The summed E-state index contributed by atoms with van der Waals surface area (Å²) in [5, 5.41) is 2.44. The van der Waals surface area contributed by atoms with E-state index in [1.165, 1.54) is 18.4 Å². The zero-order valence-corrected chi connectivity index (χ0v) is 12.7. The monoisotopic (exact) mass is 318 g/mol. The summed E-state index contributed by atoms with van der Waals surface area (Å²) in [6.45, 7) is 0.960. The molecular weight excluding hydrogens is 304 g/mol. The number of ether oxygens (including phenoxy) is 2. The topological polar surface area (TPSA) is 68.7 Å². The van der Waals surface area contributed by atoms with Gasteiger partial charge in [-0.25, -0.2) is 9.78 Å². The van der Waals surface area contributed by atoms with Crippen molar-refractivity contribution in [2.75, 3.05) is 20.2 Å². The number of hydrogen-bond acceptors (Lipinski definition) is 6. The maximum atomic E-state index is 12.5. The minimum absolute atomic E-state index is 0.0552. The molecule has 0 N–H and O–H groups in total. The first-order valence-corrected chi connectivity index (χ1v) is 7.59. The van der Waals surface area contributed by atoms with Crippen LogP contribution in [0.4, 0.5) is 0 Å². The third kappa shape index (κ3) is 2.80. The van der Waals surface area contributed by atoms with Crippen molar-refractivity contribution in [1.29, 1.82) is 0 Å². The first kappa shape index (κ1) is 14.5. The molecule has 1 aromatic carbocycles. The van der Waals surface area contributed by atoms with Crippen LogP contribution in [0, 0.1) is 0 Å². The molecule has 0 saturated carbocycles. The van der Waals surface area contributed by atoms with Crippen molar-refractivity contribution in [1.82, 2.24) is 9.88 Å². The molecule has 0 spiro atoms. The van der Waals surface area contributed by atoms with E-state index >= 15 is 0 Å². The van der Waals surface area contributed by atoms with Gasteiger partial charge in [-0.1, -0.05) is 23.5 Å². The van der Waals surface area contributed by atoms with Crippen LogP contribution in [0.25, 0.3) is 0 Å². The van der Waals surface area contributed by atoms with Crippen molar-refractivity contribution in [3.05, 3.63) is 47.0 Å². The summed E-state index contributed by atoms with van der Waals surface area (Å²) < 4.78 is 10.3. The summed E-state index contributed by atoms with van der Waals surface area (Å²) in [5.74, 6) is -0.708. The molecule has 0 radical (unpaired) electrons. The fourth-order valence-electron chi connectivity index (χ4n) is 2.22. The van der Waals surface area contributed by atoms with Crippen molar-refractivity contribution < 1.29 is 19.1 Å². The van der Waals surface area contributed by atoms with Crippen LogP contribution in [-0.2, 0) is 4.74 Å². The summed E-state index contributed by atoms with van der Waals surface area (Å²) in [5.41, 5.74) is 0.626. The summed E-state index contributed by atoms with van der Waals surface area (Å²) in [6, 6.07) is 6.64. The fraction of sp³-hybridized carbons (Fsp3) is 0.267. The lowest BCUT2D eigenvalue weighted by molar-refractivity contribution is 0.0174. The summed E-state index contributed by atoms with van der Waals surface area (Å²) in [4.78, 5) is 29.9. The fourth-order valence-corrected chi connectivity index (χ4v) is 2.77. The van der Waals surface area contributed by atoms with Crippen LogP contribution in [0.1, 0.15) is 20.7 Å². The van der Waals surface area contributed by atoms with E-state index in [9.17, 15) is 9.59 Å². The Morgan fingerprint density at radius 3 is 2.64 bits per heavy atom. The first-order chi connectivity index (χ1) is 10.7. The number of hydrogen-bond donors (Lipinski definition) is 0. The summed E-state index contributed by atoms with van der Waals surface area (Å²) in [6.07, 6.45) is 1.62. The standard InChI is InChI=1S/C15H14N2O4S/c1-20-14(19)12-5-3-2-4-11(12)13(18)17-8-10(9-17)21-15-16-6-7-22-15/h2-7,10H,8-9H2,1H3. The van der Waals surface area contributed by atoms with Crippen LogP contribution in [0.5, 0.6) is 5.19 Å². The van der Waals surface area contributed by atoms with E-state index in [1.807, 2.05) is 5.38 Å². The average molecular weight is 318 g/mol. The van der Waals surface area contributed by atoms with Crippen molar-refractivity contribution in [2.45, 2.75) is 6.10 Å². The Labute approximate surface area is 131 Å². The van der Waals surface area contributed by atoms with Crippen LogP contribution in [-0.4, -0.2) is 48.1 Å². The molecule has 0 unspecified atom stereocenters. The molecule has 1 amide bonds. The van der Waals surface area contributed by atoms with Crippen LogP contribution in [0.15, 0.2) is 35.8 Å². The molecule has 1 aliphatic heterocycles. The molecule has 1 aromatic heterocycles. The van der Waals surface area contributed by atoms with Crippen LogP contribution in [0.3, 0.4) is 0 Å². The zero-order valence-electron chi connectivity index (χ0n) is 11.9. The number of carbonyl (C=O) groups is 2. The van der Waals surface area contributed by atoms with Gasteiger partial charge in [0.2, 0.25) is 0 Å². The maximum Gasteiger partial charge on any atom is 0.338 e. The molecule has 0 atom stereocenters. The first-order valence-electron chi connectivity index (χ1n) is 6.72. The van der Waals surface area contributed by atoms with Crippen LogP contribution >= 0.6 is 11.3 Å². The number of benzene rings is 1. The van der Waals surface area contributed by atoms with Gasteiger partial charge in [0.15, 0.2) is 0 Å². The van der Waals surface area contributed by atoms with Gasteiger partial charge in [-0.3, -0.25) is 4.79 Å². The second-order valence-electron chi connectivity index (χ2n) is 4.79. The van der Waals surface area contributed by atoms with E-state index < -0.39 is 5.97 Å². The number of rotatable bonds is 4. The second kappa shape index (κ2) is 6.15. The number of amides is 1. The highest BCUT2D eigenvalue weighted by molar-refractivity contribution is 7.11. The lowest BCUT2D eigenvalue weighted by Crippen LogP contribution is -2.56. The molecule has 1 fully saturated rings. The van der Waals surface area contributed by atoms with Gasteiger partial charge in [-0.15, -0.1) is 0 Å². The van der Waals surface area contributed by atoms with E-state index in [0.29, 0.717) is 23.8 Å². The minimum Gasteiger partial charge on any atom is -0.465 e. The van der Waals surface area contributed by atoms with Gasteiger partial charge in [0.1, 0.15) is 6.10 Å². The molecule has 22 heavy (non-hydrogen) atoms. The van der Waals surface area contributed by atoms with Gasteiger partial charge >= 0.3 is 5.97 Å². The van der Waals surface area contributed by atoms with Gasteiger partial charge in [-0.05, 0) is 12.1 Å². The zero-order chi connectivity index (χ0) is 15.5. The number of esters is 1. The van der Waals surface area contributed by atoms with Crippen LogP contribution < -0.4 is 4.74 Å². The van der Waals surface area contributed by atoms with Gasteiger partial charge in [-0.2, -0.15) is 0 Å². The molecule has 3 rings (SSSR count). The van der Waals surface area contributed by atoms with Crippen molar-refractivity contribution in [2.24, 2.45) is 0 Å². The molecule has 2 aromatic rings. The SMILES string of the molecule is COC(=O)c1ccccc1C(=O)N1CC(Oc2nccs2)C1. The molecule has 2 heterocycles. The van der Waals surface area contributed by atoms with Crippen LogP contribution in [0.2, 0.25) is 0 Å². The molecule has 0 aliphatic carbocycles. The van der Waals surface area contributed by atoms with E-state index in [2.05, 4.69) is 4.98 Å². The predicted octanol–water partition coefficient (Wildman–Crippen LogP) is 1.83. The third-order valence-corrected chi connectivity index (χ3v) is 4.04. The smallest absolute Gasteiger partial charge is 0.338 e. The van der Waals surface area contributed by atoms with Gasteiger partial charge < -0.3 is 14.4 Å². The predicted molar refractivity (Wildman–Crippen MR) is 80.2 cm³/mol. The molecule has 7 heteroatoms. The Hall–Kier alpha value is -2.41. The Kier molecular flexibility index (Phi) is 4.06. The largest absolute Gasteiger partial charge is 0.465 e. The van der Waals surface area contributed by atoms with Gasteiger partial charge in [0.05, 0.1) is 31.3 Å². The number of aromatic nitrogens is 1. The highest BCUT2D eigenvalue weighted by Crippen LogP contribution is 2.22. The lowest BCUT2D eigenvalue weighted by atomic mass is 10.0. The molecule has 114 valence electrons. The number of nitrogens with zero attached hydrogens (tertiary/aromatic N) is 2. The minimum atomic E-state index is -0.514. The van der Waals surface area contributed by atoms with E-state index in [1.54, 1.807) is 35.4 Å². The molecule has 1 aliphatic rings. The highest BCUT2D eigenvalue weighted by Gasteiger charge is 2.34. The average Bonchev–Trinajstić information content (AvgIpc) is 3.02. The summed E-state index contributed by atoms with van der Waals surface area (Å²) >= 11 is 1.42.